The van der Waals surface area contributed by atoms with Gasteiger partial charge in [0.05, 0.1) is 21.3 Å². The molecule has 2 aliphatic heterocycles. The van der Waals surface area contributed by atoms with E-state index < -0.39 is 0 Å². The number of rotatable bonds is 9. The molecule has 0 radical (unpaired) electrons. The van der Waals surface area contributed by atoms with Gasteiger partial charge in [-0.05, 0) is 99.0 Å². The average Bonchev–Trinajstić information content (AvgIpc) is 3.04. The zero-order valence-corrected chi connectivity index (χ0v) is 27.2. The van der Waals surface area contributed by atoms with Crippen LogP contribution in [0.2, 0.25) is 0 Å². The van der Waals surface area contributed by atoms with Gasteiger partial charge >= 0.3 is 0 Å². The summed E-state index contributed by atoms with van der Waals surface area (Å²) in [5, 5.41) is 10.7. The standard InChI is InChI=1S/C37H44N2O6/c1-23-7-10-28(11-8-23)44-31-18-24(9-12-30(31)40)17-29-35-26(14-16-39(29)3)20-34(42-5)36(43-6)37(35)45-33-21-27-22-38(2)15-13-25(27)19-32(33)41-4/h7-12,18-20,29,33,40H,13-17,21-22H2,1-6H3/t29-,33?/m1/s1. The van der Waals surface area contributed by atoms with Gasteiger partial charge in [0.1, 0.15) is 11.5 Å². The van der Waals surface area contributed by atoms with Gasteiger partial charge in [-0.15, -0.1) is 0 Å². The summed E-state index contributed by atoms with van der Waals surface area (Å²) >= 11 is 0. The molecule has 0 amide bonds. The number of ether oxygens (including phenoxy) is 5. The van der Waals surface area contributed by atoms with Crippen LogP contribution in [0.5, 0.6) is 34.5 Å². The Morgan fingerprint density at radius 2 is 1.67 bits per heavy atom. The van der Waals surface area contributed by atoms with E-state index in [1.165, 1.54) is 16.7 Å². The number of hydrogen-bond acceptors (Lipinski definition) is 8. The zero-order valence-electron chi connectivity index (χ0n) is 27.2. The molecule has 1 aliphatic carbocycles. The third-order valence-electron chi connectivity index (χ3n) is 9.29. The number of methoxy groups -OCH3 is 3. The lowest BCUT2D eigenvalue weighted by Crippen LogP contribution is -2.36. The molecule has 2 heterocycles. The van der Waals surface area contributed by atoms with E-state index >= 15 is 0 Å². The van der Waals surface area contributed by atoms with Crippen molar-refractivity contribution in [2.45, 2.75) is 44.8 Å². The molecule has 1 unspecified atom stereocenters. The van der Waals surface area contributed by atoms with Gasteiger partial charge in [0.2, 0.25) is 5.75 Å². The zero-order chi connectivity index (χ0) is 31.7. The van der Waals surface area contributed by atoms with E-state index in [4.69, 9.17) is 23.7 Å². The van der Waals surface area contributed by atoms with Crippen LogP contribution < -0.4 is 18.9 Å². The summed E-state index contributed by atoms with van der Waals surface area (Å²) in [5.41, 5.74) is 7.20. The van der Waals surface area contributed by atoms with Crippen LogP contribution in [0.3, 0.4) is 0 Å². The average molecular weight is 613 g/mol. The number of aryl methyl sites for hydroxylation is 1. The van der Waals surface area contributed by atoms with E-state index in [9.17, 15) is 5.11 Å². The Labute approximate surface area is 266 Å². The number of phenolic OH excluding ortho intramolecular Hbond substituents is 1. The number of benzene rings is 3. The summed E-state index contributed by atoms with van der Waals surface area (Å²) in [7, 11) is 9.37. The molecule has 0 saturated heterocycles. The smallest absolute Gasteiger partial charge is 0.203 e. The maximum Gasteiger partial charge on any atom is 0.203 e. The predicted octanol–water partition coefficient (Wildman–Crippen LogP) is 6.60. The number of hydrogen-bond donors (Lipinski definition) is 1. The third-order valence-corrected chi connectivity index (χ3v) is 9.29. The highest BCUT2D eigenvalue weighted by atomic mass is 16.6. The number of nitrogens with zero attached hydrogens (tertiary/aromatic N) is 2. The maximum absolute atomic E-state index is 10.7. The highest BCUT2D eigenvalue weighted by Gasteiger charge is 2.36. The van der Waals surface area contributed by atoms with Crippen LogP contribution >= 0.6 is 0 Å². The number of fused-ring (bicyclic) bond motifs is 1. The molecule has 3 aliphatic rings. The Hall–Kier alpha value is -4.14. The molecule has 3 aromatic rings. The summed E-state index contributed by atoms with van der Waals surface area (Å²) < 4.78 is 30.9. The molecule has 0 fully saturated rings. The van der Waals surface area contributed by atoms with Crippen LogP contribution in [0.15, 0.2) is 71.5 Å². The fourth-order valence-electron chi connectivity index (χ4n) is 6.76. The second-order valence-corrected chi connectivity index (χ2v) is 12.4. The van der Waals surface area contributed by atoms with Gasteiger partial charge in [-0.2, -0.15) is 0 Å². The van der Waals surface area contributed by atoms with E-state index in [0.717, 1.165) is 61.3 Å². The van der Waals surface area contributed by atoms with Crippen molar-refractivity contribution in [3.8, 4) is 34.5 Å². The van der Waals surface area contributed by atoms with E-state index in [1.807, 2.05) is 43.3 Å². The third kappa shape index (κ3) is 6.35. The van der Waals surface area contributed by atoms with Gasteiger partial charge in [-0.1, -0.05) is 23.8 Å². The van der Waals surface area contributed by atoms with E-state index in [2.05, 4.69) is 36.0 Å². The van der Waals surface area contributed by atoms with Gasteiger partial charge in [0.25, 0.3) is 0 Å². The van der Waals surface area contributed by atoms with Crippen LogP contribution in [-0.4, -0.2) is 76.1 Å². The number of aromatic hydroxyl groups is 1. The minimum atomic E-state index is -0.290. The van der Waals surface area contributed by atoms with Crippen LogP contribution in [0.1, 0.15) is 41.1 Å². The first-order chi connectivity index (χ1) is 21.8. The first-order valence-electron chi connectivity index (χ1n) is 15.6. The molecule has 2 atom stereocenters. The Morgan fingerprint density at radius 3 is 2.40 bits per heavy atom. The molecule has 3 aromatic carbocycles. The molecular formula is C37H44N2O6. The molecule has 0 saturated carbocycles. The van der Waals surface area contributed by atoms with E-state index in [1.54, 1.807) is 27.4 Å². The highest BCUT2D eigenvalue weighted by Crippen LogP contribution is 2.50. The summed E-state index contributed by atoms with van der Waals surface area (Å²) in [6, 6.07) is 15.5. The topological polar surface area (TPSA) is 72.9 Å². The number of likely N-dealkylation sites (N-methyl/N-ethyl adjacent to an activating group) is 2. The Morgan fingerprint density at radius 1 is 0.867 bits per heavy atom. The fourth-order valence-corrected chi connectivity index (χ4v) is 6.76. The largest absolute Gasteiger partial charge is 0.504 e. The van der Waals surface area contributed by atoms with Crippen molar-refractivity contribution >= 4 is 0 Å². The van der Waals surface area contributed by atoms with Crippen molar-refractivity contribution in [2.24, 2.45) is 0 Å². The predicted molar refractivity (Wildman–Crippen MR) is 175 cm³/mol. The van der Waals surface area contributed by atoms with Crippen molar-refractivity contribution in [2.75, 3.05) is 55.1 Å². The first kappa shape index (κ1) is 30.9. The van der Waals surface area contributed by atoms with E-state index in [0.29, 0.717) is 35.2 Å². The molecule has 0 spiro atoms. The SMILES string of the molecule is COC1=CC2=C(CC1Oc1c(OC)c(OC)cc3c1[C@@H](Cc1ccc(O)c(Oc4ccc(C)cc4)c1)N(C)CC3)CN(C)CC2. The van der Waals surface area contributed by atoms with Crippen molar-refractivity contribution in [3.63, 3.8) is 0 Å². The molecule has 45 heavy (non-hydrogen) atoms. The molecule has 6 rings (SSSR count). The van der Waals surface area contributed by atoms with Crippen molar-refractivity contribution in [1.82, 2.24) is 9.80 Å². The number of phenols is 1. The van der Waals surface area contributed by atoms with Crippen molar-refractivity contribution in [1.29, 1.82) is 0 Å². The Bertz CT molecular complexity index is 1610. The molecule has 8 heteroatoms. The second kappa shape index (κ2) is 13.1. The normalized spacial score (nSPS) is 20.2. The van der Waals surface area contributed by atoms with Gasteiger partial charge in [0, 0.05) is 37.7 Å². The van der Waals surface area contributed by atoms with Crippen molar-refractivity contribution < 1.29 is 28.8 Å². The Kier molecular flexibility index (Phi) is 8.97. The van der Waals surface area contributed by atoms with Gasteiger partial charge in [0.15, 0.2) is 29.1 Å². The molecular weight excluding hydrogens is 568 g/mol. The molecule has 238 valence electrons. The van der Waals surface area contributed by atoms with E-state index in [-0.39, 0.29) is 17.9 Å². The summed E-state index contributed by atoms with van der Waals surface area (Å²) in [6.45, 7) is 4.88. The lowest BCUT2D eigenvalue weighted by molar-refractivity contribution is 0.129. The van der Waals surface area contributed by atoms with Gasteiger partial charge in [-0.25, -0.2) is 0 Å². The molecule has 0 bridgehead atoms. The second-order valence-electron chi connectivity index (χ2n) is 12.4. The van der Waals surface area contributed by atoms with Crippen LogP contribution in [0.4, 0.5) is 0 Å². The quantitative estimate of drug-likeness (QED) is 0.290. The fraction of sp³-hybridized carbons (Fsp3) is 0.405. The minimum Gasteiger partial charge on any atom is -0.504 e. The summed E-state index contributed by atoms with van der Waals surface area (Å²) in [5.74, 6) is 3.97. The Balaban J connectivity index is 1.37. The van der Waals surface area contributed by atoms with Crippen LogP contribution in [-0.2, 0) is 17.6 Å². The van der Waals surface area contributed by atoms with Crippen LogP contribution in [0.25, 0.3) is 0 Å². The van der Waals surface area contributed by atoms with Crippen LogP contribution in [0, 0.1) is 6.92 Å². The lowest BCUT2D eigenvalue weighted by atomic mass is 9.87. The summed E-state index contributed by atoms with van der Waals surface area (Å²) in [6.07, 6.45) is 5.18. The molecule has 8 nitrogen and oxygen atoms in total. The lowest BCUT2D eigenvalue weighted by Gasteiger charge is -2.38. The summed E-state index contributed by atoms with van der Waals surface area (Å²) in [4.78, 5) is 4.72. The van der Waals surface area contributed by atoms with Crippen molar-refractivity contribution in [3.05, 3.63) is 93.8 Å². The van der Waals surface area contributed by atoms with Gasteiger partial charge in [-0.3, -0.25) is 4.90 Å². The maximum atomic E-state index is 10.7. The number of allylic oxidation sites excluding steroid dienone is 1. The molecule has 0 aromatic heterocycles. The first-order valence-corrected chi connectivity index (χ1v) is 15.6. The monoisotopic (exact) mass is 612 g/mol. The van der Waals surface area contributed by atoms with Gasteiger partial charge < -0.3 is 33.7 Å². The highest BCUT2D eigenvalue weighted by molar-refractivity contribution is 5.61. The molecule has 1 N–H and O–H groups in total. The minimum absolute atomic E-state index is 0.0190.